The quantitative estimate of drug-likeness (QED) is 0.343. The summed E-state index contributed by atoms with van der Waals surface area (Å²) in [4.78, 5) is 2.26. The molecule has 0 fully saturated rings. The van der Waals surface area contributed by atoms with Gasteiger partial charge < -0.3 is 4.90 Å². The van der Waals surface area contributed by atoms with Gasteiger partial charge in [0, 0.05) is 25.3 Å². The van der Waals surface area contributed by atoms with Crippen LogP contribution in [-0.2, 0) is 5.41 Å². The van der Waals surface area contributed by atoms with Crippen LogP contribution in [0, 0.1) is 0 Å². The topological polar surface area (TPSA) is 3.24 Å². The molecule has 1 nitrogen and oxygen atoms in total. The van der Waals surface area contributed by atoms with Gasteiger partial charge in [0.05, 0.1) is 5.41 Å². The summed E-state index contributed by atoms with van der Waals surface area (Å²) >= 11 is 0. The van der Waals surface area contributed by atoms with Crippen molar-refractivity contribution in [2.45, 2.75) is 5.41 Å². The normalized spacial score (nSPS) is 14.4. The summed E-state index contributed by atoms with van der Waals surface area (Å²) in [5.74, 6) is 0. The molecule has 0 amide bonds. The molecule has 0 aliphatic heterocycles. The van der Waals surface area contributed by atoms with Gasteiger partial charge in [0.1, 0.15) is 0 Å². The highest BCUT2D eigenvalue weighted by atomic mass is 15.1. The van der Waals surface area contributed by atoms with Gasteiger partial charge in [0.15, 0.2) is 0 Å². The fraction of sp³-hybridized carbons (Fsp3) is 0.111. The molecular weight excluding hydrogens is 338 g/mol. The number of hydrogen-bond acceptors (Lipinski definition) is 1. The smallest absolute Gasteiger partial charge is 0.0745 e. The van der Waals surface area contributed by atoms with Gasteiger partial charge in [-0.15, -0.1) is 0 Å². The zero-order valence-electron chi connectivity index (χ0n) is 16.1. The Hall–Kier alpha value is -3.32. The van der Waals surface area contributed by atoms with E-state index in [-0.39, 0.29) is 5.41 Å². The van der Waals surface area contributed by atoms with E-state index in [1.165, 1.54) is 50.2 Å². The maximum absolute atomic E-state index is 2.33. The van der Waals surface area contributed by atoms with E-state index >= 15 is 0 Å². The van der Waals surface area contributed by atoms with Gasteiger partial charge in [-0.05, 0) is 45.0 Å². The number of benzene rings is 4. The first-order valence-electron chi connectivity index (χ1n) is 9.84. The molecule has 4 aromatic rings. The molecule has 0 heterocycles. The minimum Gasteiger partial charge on any atom is -0.377 e. The highest BCUT2D eigenvalue weighted by Crippen LogP contribution is 2.64. The van der Waals surface area contributed by atoms with Gasteiger partial charge in [-0.1, -0.05) is 84.9 Å². The predicted molar refractivity (Wildman–Crippen MR) is 117 cm³/mol. The molecule has 1 spiro atoms. The average Bonchev–Trinajstić information content (AvgIpc) is 3.21. The van der Waals surface area contributed by atoms with Crippen LogP contribution in [0.1, 0.15) is 22.3 Å². The molecule has 0 radical (unpaired) electrons. The van der Waals surface area contributed by atoms with Crippen LogP contribution in [0.3, 0.4) is 0 Å². The third-order valence-electron chi connectivity index (χ3n) is 6.47. The number of anilines is 1. The lowest BCUT2D eigenvalue weighted by atomic mass is 9.70. The Labute approximate surface area is 165 Å². The fourth-order valence-electron chi connectivity index (χ4n) is 5.51. The molecule has 6 rings (SSSR count). The summed E-state index contributed by atoms with van der Waals surface area (Å²) in [6.07, 6.45) is 0. The second-order valence-electron chi connectivity index (χ2n) is 7.98. The predicted octanol–water partition coefficient (Wildman–Crippen LogP) is 6.10. The first kappa shape index (κ1) is 15.7. The van der Waals surface area contributed by atoms with Crippen molar-refractivity contribution in [1.82, 2.24) is 0 Å². The zero-order chi connectivity index (χ0) is 18.9. The molecule has 2 aliphatic rings. The lowest BCUT2D eigenvalue weighted by Crippen LogP contribution is -2.28. The van der Waals surface area contributed by atoms with Crippen LogP contribution < -0.4 is 4.90 Å². The Bertz CT molecular complexity index is 1190. The fourth-order valence-corrected chi connectivity index (χ4v) is 5.51. The van der Waals surface area contributed by atoms with Crippen molar-refractivity contribution in [3.05, 3.63) is 113 Å². The van der Waals surface area contributed by atoms with Crippen LogP contribution in [0.2, 0.25) is 0 Å². The summed E-state index contributed by atoms with van der Waals surface area (Å²) in [6, 6.07) is 33.6. The van der Waals surface area contributed by atoms with Crippen LogP contribution >= 0.6 is 0 Å². The van der Waals surface area contributed by atoms with Crippen LogP contribution in [0.15, 0.2) is 91.0 Å². The number of fused-ring (bicyclic) bond motifs is 10. The molecule has 134 valence electrons. The SMILES string of the molecule is CN(C)c1cccc2c1C1(c3ccccc3-c3ccccc31)c1ccccc1-2. The van der Waals surface area contributed by atoms with Crippen LogP contribution in [0.4, 0.5) is 5.69 Å². The number of nitrogens with zero attached hydrogens (tertiary/aromatic N) is 1. The summed E-state index contributed by atoms with van der Waals surface area (Å²) in [5, 5.41) is 0. The van der Waals surface area contributed by atoms with E-state index < -0.39 is 0 Å². The molecule has 0 aromatic heterocycles. The van der Waals surface area contributed by atoms with Crippen molar-refractivity contribution >= 4 is 5.69 Å². The summed E-state index contributed by atoms with van der Waals surface area (Å²) < 4.78 is 0. The second-order valence-corrected chi connectivity index (χ2v) is 7.98. The molecule has 0 unspecified atom stereocenters. The Morgan fingerprint density at radius 1 is 0.500 bits per heavy atom. The van der Waals surface area contributed by atoms with Gasteiger partial charge in [-0.25, -0.2) is 0 Å². The van der Waals surface area contributed by atoms with Crippen LogP contribution in [-0.4, -0.2) is 14.1 Å². The minimum atomic E-state index is -0.250. The average molecular weight is 359 g/mol. The molecule has 0 saturated carbocycles. The molecular formula is C27H21N. The minimum absolute atomic E-state index is 0.250. The summed E-state index contributed by atoms with van der Waals surface area (Å²) in [6.45, 7) is 0. The lowest BCUT2D eigenvalue weighted by molar-refractivity contribution is 0.789. The summed E-state index contributed by atoms with van der Waals surface area (Å²) in [5.41, 5.74) is 12.1. The third kappa shape index (κ3) is 1.68. The molecule has 0 bridgehead atoms. The number of hydrogen-bond donors (Lipinski definition) is 0. The van der Waals surface area contributed by atoms with Gasteiger partial charge in [0.25, 0.3) is 0 Å². The molecule has 28 heavy (non-hydrogen) atoms. The Morgan fingerprint density at radius 3 is 1.43 bits per heavy atom. The van der Waals surface area contributed by atoms with Crippen molar-refractivity contribution < 1.29 is 0 Å². The molecule has 4 aromatic carbocycles. The Morgan fingerprint density at radius 2 is 0.929 bits per heavy atom. The van der Waals surface area contributed by atoms with E-state index in [2.05, 4.69) is 110 Å². The van der Waals surface area contributed by atoms with Gasteiger partial charge in [-0.3, -0.25) is 0 Å². The Balaban J connectivity index is 1.88. The molecule has 0 N–H and O–H groups in total. The molecule has 2 aliphatic carbocycles. The molecule has 0 saturated heterocycles. The highest BCUT2D eigenvalue weighted by molar-refractivity contribution is 5.97. The first-order chi connectivity index (χ1) is 13.7. The van der Waals surface area contributed by atoms with E-state index in [0.717, 1.165) is 0 Å². The number of rotatable bonds is 1. The van der Waals surface area contributed by atoms with Crippen LogP contribution in [0.25, 0.3) is 22.3 Å². The maximum atomic E-state index is 2.33. The maximum Gasteiger partial charge on any atom is 0.0745 e. The van der Waals surface area contributed by atoms with Crippen molar-refractivity contribution in [3.63, 3.8) is 0 Å². The monoisotopic (exact) mass is 359 g/mol. The molecule has 1 heteroatoms. The van der Waals surface area contributed by atoms with E-state index in [0.29, 0.717) is 0 Å². The third-order valence-corrected chi connectivity index (χ3v) is 6.47. The zero-order valence-corrected chi connectivity index (χ0v) is 16.1. The first-order valence-corrected chi connectivity index (χ1v) is 9.84. The van der Waals surface area contributed by atoms with Gasteiger partial charge >= 0.3 is 0 Å². The van der Waals surface area contributed by atoms with Crippen molar-refractivity contribution in [3.8, 4) is 22.3 Å². The standard InChI is InChI=1S/C27H21N/c1-28(2)25-17-9-13-21-20-12-5-8-16-24(20)27(26(21)25)22-14-6-3-10-18(22)19-11-4-7-15-23(19)27/h3-17H,1-2H3. The molecule has 0 atom stereocenters. The van der Waals surface area contributed by atoms with Crippen molar-refractivity contribution in [2.24, 2.45) is 0 Å². The van der Waals surface area contributed by atoms with Gasteiger partial charge in [-0.2, -0.15) is 0 Å². The Kier molecular flexibility index (Phi) is 3.01. The van der Waals surface area contributed by atoms with Crippen molar-refractivity contribution in [2.75, 3.05) is 19.0 Å². The highest BCUT2D eigenvalue weighted by Gasteiger charge is 2.52. The van der Waals surface area contributed by atoms with Crippen LogP contribution in [0.5, 0.6) is 0 Å². The van der Waals surface area contributed by atoms with Crippen molar-refractivity contribution in [1.29, 1.82) is 0 Å². The largest absolute Gasteiger partial charge is 0.377 e. The van der Waals surface area contributed by atoms with Gasteiger partial charge in [0.2, 0.25) is 0 Å². The van der Waals surface area contributed by atoms with E-state index in [9.17, 15) is 0 Å². The second kappa shape index (κ2) is 5.36. The lowest BCUT2D eigenvalue weighted by Gasteiger charge is -2.33. The summed E-state index contributed by atoms with van der Waals surface area (Å²) in [7, 11) is 4.30. The van der Waals surface area contributed by atoms with E-state index in [4.69, 9.17) is 0 Å². The van der Waals surface area contributed by atoms with E-state index in [1.54, 1.807) is 0 Å². The van der Waals surface area contributed by atoms with E-state index in [1.807, 2.05) is 0 Å².